The summed E-state index contributed by atoms with van der Waals surface area (Å²) >= 11 is 1.97. The first-order valence-electron chi connectivity index (χ1n) is 13.1. The smallest absolute Gasteiger partial charge is 0.136 e. The first-order chi connectivity index (χ1) is 16.9. The predicted molar refractivity (Wildman–Crippen MR) is 158 cm³/mol. The first kappa shape index (κ1) is 22.6. The third-order valence-electron chi connectivity index (χ3n) is 7.90. The summed E-state index contributed by atoms with van der Waals surface area (Å²) in [6.07, 6.45) is 0. The van der Waals surface area contributed by atoms with E-state index in [0.717, 1.165) is 0 Å². The highest BCUT2D eigenvalue weighted by atomic mass is 32.1. The summed E-state index contributed by atoms with van der Waals surface area (Å²) in [5, 5.41) is 2.78. The van der Waals surface area contributed by atoms with Gasteiger partial charge in [-0.1, -0.05) is 119 Å². The molecule has 5 aromatic rings. The molecule has 0 aliphatic carbocycles. The van der Waals surface area contributed by atoms with E-state index in [4.69, 9.17) is 0 Å². The molecule has 0 N–H and O–H groups in total. The van der Waals surface area contributed by atoms with Crippen molar-refractivity contribution in [1.29, 1.82) is 0 Å². The van der Waals surface area contributed by atoms with Crippen LogP contribution >= 0.6 is 11.3 Å². The van der Waals surface area contributed by atoms with E-state index >= 15 is 0 Å². The van der Waals surface area contributed by atoms with Crippen LogP contribution in [0.1, 0.15) is 76.0 Å². The minimum Gasteiger partial charge on any atom is -0.136 e. The number of thiophene rings is 1. The topological polar surface area (TPSA) is 0 Å². The Kier molecular flexibility index (Phi) is 5.42. The Morgan fingerprint density at radius 3 is 1.94 bits per heavy atom. The maximum Gasteiger partial charge on any atom is 0.245 e. The van der Waals surface area contributed by atoms with Crippen LogP contribution in [0.2, 0.25) is 0 Å². The lowest BCUT2D eigenvalue weighted by Crippen LogP contribution is -2.52. The zero-order valence-electron chi connectivity index (χ0n) is 21.6. The number of benzene rings is 4. The molecule has 2 heteroatoms. The van der Waals surface area contributed by atoms with Crippen LogP contribution in [0.15, 0.2) is 72.8 Å². The van der Waals surface area contributed by atoms with Crippen LogP contribution in [0.4, 0.5) is 0 Å². The Balaban J connectivity index is 1.76. The average Bonchev–Trinajstić information content (AvgIpc) is 3.38. The quantitative estimate of drug-likeness (QED) is 0.229. The van der Waals surface area contributed by atoms with Gasteiger partial charge in [0.25, 0.3) is 0 Å². The van der Waals surface area contributed by atoms with E-state index in [1.165, 1.54) is 58.9 Å². The molecular weight excluding hydrogens is 439 g/mol. The Labute approximate surface area is 214 Å². The second-order valence-electron chi connectivity index (χ2n) is 11.1. The van der Waals surface area contributed by atoms with E-state index in [9.17, 15) is 0 Å². The third kappa shape index (κ3) is 3.41. The van der Waals surface area contributed by atoms with Crippen LogP contribution in [-0.4, -0.2) is 6.71 Å². The molecule has 0 amide bonds. The van der Waals surface area contributed by atoms with Crippen molar-refractivity contribution in [3.8, 4) is 11.1 Å². The van der Waals surface area contributed by atoms with Crippen LogP contribution in [0.25, 0.3) is 31.3 Å². The van der Waals surface area contributed by atoms with Crippen molar-refractivity contribution >= 4 is 54.6 Å². The molecule has 0 radical (unpaired) electrons. The minimum absolute atomic E-state index is 0.272. The maximum atomic E-state index is 2.52. The van der Waals surface area contributed by atoms with Gasteiger partial charge in [0.2, 0.25) is 6.71 Å². The molecule has 6 rings (SSSR count). The van der Waals surface area contributed by atoms with Crippen LogP contribution in [0.5, 0.6) is 0 Å². The SMILES string of the molecule is CC(C)c1cc(C(C)C)c(B2c3ccccc3-c3ccc4c(sc5ccccc54)c32)c(C(C)C)c1. The third-order valence-corrected chi connectivity index (χ3v) is 9.12. The molecule has 0 unspecified atom stereocenters. The predicted octanol–water partition coefficient (Wildman–Crippen LogP) is 7.92. The Morgan fingerprint density at radius 1 is 0.600 bits per heavy atom. The Hall–Kier alpha value is -2.84. The molecule has 0 saturated carbocycles. The maximum absolute atomic E-state index is 2.52. The zero-order valence-corrected chi connectivity index (χ0v) is 22.5. The molecular formula is C33H33BS. The second-order valence-corrected chi connectivity index (χ2v) is 12.2. The second kappa shape index (κ2) is 8.38. The Morgan fingerprint density at radius 2 is 1.26 bits per heavy atom. The highest BCUT2D eigenvalue weighted by Crippen LogP contribution is 2.38. The summed E-state index contributed by atoms with van der Waals surface area (Å²) in [4.78, 5) is 0. The van der Waals surface area contributed by atoms with E-state index < -0.39 is 0 Å². The molecule has 1 aromatic heterocycles. The molecule has 0 bridgehead atoms. The van der Waals surface area contributed by atoms with Gasteiger partial charge in [-0.15, -0.1) is 11.3 Å². The summed E-state index contributed by atoms with van der Waals surface area (Å²) in [7, 11) is 0. The fraction of sp³-hybridized carbons (Fsp3) is 0.273. The van der Waals surface area contributed by atoms with E-state index in [0.29, 0.717) is 17.8 Å². The summed E-state index contributed by atoms with van der Waals surface area (Å²) in [6.45, 7) is 14.4. The fourth-order valence-electron chi connectivity index (χ4n) is 6.13. The Bertz CT molecular complexity index is 1560. The van der Waals surface area contributed by atoms with Gasteiger partial charge in [-0.05, 0) is 62.5 Å². The lowest BCUT2D eigenvalue weighted by atomic mass is 9.36. The molecule has 0 atom stereocenters. The molecule has 0 saturated heterocycles. The van der Waals surface area contributed by atoms with Gasteiger partial charge in [0.15, 0.2) is 0 Å². The molecule has 2 heterocycles. The van der Waals surface area contributed by atoms with Crippen LogP contribution in [0.3, 0.4) is 0 Å². The first-order valence-corrected chi connectivity index (χ1v) is 13.9. The van der Waals surface area contributed by atoms with Crippen LogP contribution in [-0.2, 0) is 0 Å². The van der Waals surface area contributed by atoms with Crippen molar-refractivity contribution in [1.82, 2.24) is 0 Å². The van der Waals surface area contributed by atoms with Gasteiger partial charge in [-0.25, -0.2) is 0 Å². The van der Waals surface area contributed by atoms with Gasteiger partial charge in [-0.2, -0.15) is 0 Å². The van der Waals surface area contributed by atoms with Gasteiger partial charge in [0.1, 0.15) is 0 Å². The zero-order chi connectivity index (χ0) is 24.4. The van der Waals surface area contributed by atoms with Crippen molar-refractivity contribution in [3.63, 3.8) is 0 Å². The average molecular weight is 473 g/mol. The number of hydrogen-bond donors (Lipinski definition) is 0. The normalized spacial score (nSPS) is 13.0. The van der Waals surface area contributed by atoms with Gasteiger partial charge in [0.05, 0.1) is 0 Å². The molecule has 0 fully saturated rings. The monoisotopic (exact) mass is 472 g/mol. The number of rotatable bonds is 4. The van der Waals surface area contributed by atoms with Crippen LogP contribution < -0.4 is 16.4 Å². The highest BCUT2D eigenvalue weighted by Gasteiger charge is 2.38. The molecule has 1 aliphatic rings. The van der Waals surface area contributed by atoms with E-state index in [1.807, 2.05) is 11.3 Å². The van der Waals surface area contributed by atoms with Gasteiger partial charge in [0, 0.05) is 14.8 Å². The summed E-state index contributed by atoms with van der Waals surface area (Å²) in [5.74, 6) is 1.47. The molecule has 1 aliphatic heterocycles. The molecule has 0 spiro atoms. The lowest BCUT2D eigenvalue weighted by molar-refractivity contribution is 0.812. The van der Waals surface area contributed by atoms with Crippen molar-refractivity contribution in [2.45, 2.75) is 59.3 Å². The van der Waals surface area contributed by atoms with Crippen LogP contribution in [0, 0.1) is 0 Å². The van der Waals surface area contributed by atoms with Crippen molar-refractivity contribution in [3.05, 3.63) is 89.5 Å². The van der Waals surface area contributed by atoms with E-state index in [1.54, 1.807) is 5.46 Å². The van der Waals surface area contributed by atoms with Crippen molar-refractivity contribution in [2.75, 3.05) is 0 Å². The van der Waals surface area contributed by atoms with E-state index in [-0.39, 0.29) is 6.71 Å². The standard InChI is InChI=1S/C33H33BS/c1-19(2)22-17-27(20(3)4)31(28(18-22)21(5)6)34-29-13-9-7-11-23(29)25-15-16-26-24-12-8-10-14-30(24)35-33(26)32(25)34/h7-21H,1-6H3. The van der Waals surface area contributed by atoms with E-state index in [2.05, 4.69) is 114 Å². The van der Waals surface area contributed by atoms with Gasteiger partial charge >= 0.3 is 0 Å². The summed E-state index contributed by atoms with van der Waals surface area (Å²) in [6, 6.07) is 27.8. The van der Waals surface area contributed by atoms with Crippen molar-refractivity contribution in [2.24, 2.45) is 0 Å². The molecule has 35 heavy (non-hydrogen) atoms. The number of fused-ring (bicyclic) bond motifs is 7. The van der Waals surface area contributed by atoms with Gasteiger partial charge in [-0.3, -0.25) is 0 Å². The summed E-state index contributed by atoms with van der Waals surface area (Å²) in [5.41, 5.74) is 11.9. The lowest BCUT2D eigenvalue weighted by Gasteiger charge is -2.26. The van der Waals surface area contributed by atoms with Gasteiger partial charge < -0.3 is 0 Å². The highest BCUT2D eigenvalue weighted by molar-refractivity contribution is 7.28. The fourth-order valence-corrected chi connectivity index (χ4v) is 7.41. The summed E-state index contributed by atoms with van der Waals surface area (Å²) < 4.78 is 2.84. The largest absolute Gasteiger partial charge is 0.245 e. The molecule has 174 valence electrons. The molecule has 4 aromatic carbocycles. The molecule has 0 nitrogen and oxygen atoms in total. The number of hydrogen-bond acceptors (Lipinski definition) is 1. The minimum atomic E-state index is 0.272. The van der Waals surface area contributed by atoms with Crippen molar-refractivity contribution < 1.29 is 0 Å².